The van der Waals surface area contributed by atoms with E-state index >= 15 is 0 Å². The minimum Gasteiger partial charge on any atom is -0.492 e. The van der Waals surface area contributed by atoms with Gasteiger partial charge in [-0.3, -0.25) is 4.79 Å². The minimum absolute atomic E-state index is 0.245. The number of amides is 1. The first-order valence-corrected chi connectivity index (χ1v) is 5.85. The number of ether oxygens (including phenoxy) is 1. The van der Waals surface area contributed by atoms with Gasteiger partial charge in [-0.1, -0.05) is 18.2 Å². The minimum atomic E-state index is -1.01. The van der Waals surface area contributed by atoms with E-state index in [9.17, 15) is 4.79 Å². The average Bonchev–Trinajstić information content (AvgIpc) is 2.82. The van der Waals surface area contributed by atoms with Gasteiger partial charge in [-0.05, 0) is 13.0 Å². The van der Waals surface area contributed by atoms with Gasteiger partial charge in [-0.15, -0.1) is 0 Å². The monoisotopic (exact) mass is 251 g/mol. The van der Waals surface area contributed by atoms with Crippen molar-refractivity contribution in [3.63, 3.8) is 0 Å². The Morgan fingerprint density at radius 3 is 2.78 bits per heavy atom. The zero-order chi connectivity index (χ0) is 13.2. The molecule has 1 unspecified atom stereocenters. The number of carbonyl (C=O) groups is 1. The molecule has 1 aromatic rings. The molecule has 1 aliphatic rings. The topological polar surface area (TPSA) is 78.8 Å². The summed E-state index contributed by atoms with van der Waals surface area (Å²) in [5.74, 6) is 0.0801. The van der Waals surface area contributed by atoms with Crippen LogP contribution in [0.5, 0.6) is 5.75 Å². The Hall–Kier alpha value is -1.59. The zero-order valence-electron chi connectivity index (χ0n) is 10.2. The van der Waals surface area contributed by atoms with Crippen LogP contribution >= 0.6 is 0 Å². The number of rotatable bonds is 4. The van der Waals surface area contributed by atoms with Gasteiger partial charge in [-0.25, -0.2) is 0 Å². The van der Waals surface area contributed by atoms with Gasteiger partial charge >= 0.3 is 0 Å². The molecular weight excluding hydrogens is 234 g/mol. The van der Waals surface area contributed by atoms with Crippen LogP contribution in [-0.2, 0) is 4.79 Å². The molecule has 0 fully saturated rings. The smallest absolute Gasteiger partial charge is 0.231 e. The number of aliphatic hydroxyl groups excluding tert-OH is 2. The van der Waals surface area contributed by atoms with Crippen molar-refractivity contribution in [3.8, 4) is 5.75 Å². The van der Waals surface area contributed by atoms with Crippen molar-refractivity contribution < 1.29 is 19.7 Å². The van der Waals surface area contributed by atoms with Crippen LogP contribution in [-0.4, -0.2) is 41.5 Å². The number of para-hydroxylation sites is 1. The maximum absolute atomic E-state index is 12.1. The lowest BCUT2D eigenvalue weighted by molar-refractivity contribution is -0.125. The van der Waals surface area contributed by atoms with Crippen LogP contribution in [0.25, 0.3) is 0 Å². The molecular formula is C13H17NO4. The van der Waals surface area contributed by atoms with E-state index in [-0.39, 0.29) is 25.7 Å². The van der Waals surface area contributed by atoms with Gasteiger partial charge in [0.2, 0.25) is 5.91 Å². The van der Waals surface area contributed by atoms with Gasteiger partial charge in [-0.2, -0.15) is 0 Å². The Morgan fingerprint density at radius 1 is 1.44 bits per heavy atom. The van der Waals surface area contributed by atoms with E-state index in [2.05, 4.69) is 5.32 Å². The number of carbonyl (C=O) groups excluding carboxylic acids is 1. The molecule has 1 aromatic carbocycles. The van der Waals surface area contributed by atoms with Crippen LogP contribution in [0.2, 0.25) is 0 Å². The van der Waals surface area contributed by atoms with Crippen LogP contribution in [0.4, 0.5) is 0 Å². The molecule has 0 saturated heterocycles. The van der Waals surface area contributed by atoms with Crippen LogP contribution in [0.15, 0.2) is 24.3 Å². The molecule has 5 heteroatoms. The lowest BCUT2D eigenvalue weighted by Crippen LogP contribution is -2.53. The number of fused-ring (bicyclic) bond motifs is 1. The largest absolute Gasteiger partial charge is 0.492 e. The standard InChI is InChI=1S/C13H17NO4/c1-13(7-15,8-16)14-12(17)10-6-18-11-5-3-2-4-9(10)11/h2-5,10,15-16H,6-8H2,1H3,(H,14,17). The molecule has 0 aliphatic carbocycles. The first kappa shape index (κ1) is 12.9. The Morgan fingerprint density at radius 2 is 2.11 bits per heavy atom. The predicted octanol–water partition coefficient (Wildman–Crippen LogP) is 0.0221. The second-order valence-electron chi connectivity index (χ2n) is 4.77. The first-order valence-electron chi connectivity index (χ1n) is 5.85. The molecule has 1 heterocycles. The molecule has 0 spiro atoms. The van der Waals surface area contributed by atoms with Gasteiger partial charge < -0.3 is 20.3 Å². The van der Waals surface area contributed by atoms with Gasteiger partial charge in [0.15, 0.2) is 0 Å². The number of hydrogen-bond acceptors (Lipinski definition) is 4. The van der Waals surface area contributed by atoms with Gasteiger partial charge in [0, 0.05) is 5.56 Å². The molecule has 1 aliphatic heterocycles. The second kappa shape index (κ2) is 4.96. The average molecular weight is 251 g/mol. The summed E-state index contributed by atoms with van der Waals surface area (Å²) < 4.78 is 5.43. The molecule has 3 N–H and O–H groups in total. The fraction of sp³-hybridized carbons (Fsp3) is 0.462. The van der Waals surface area contributed by atoms with E-state index in [1.54, 1.807) is 6.92 Å². The summed E-state index contributed by atoms with van der Waals surface area (Å²) in [6.07, 6.45) is 0. The molecule has 1 amide bonds. The van der Waals surface area contributed by atoms with E-state index in [0.29, 0.717) is 5.75 Å². The van der Waals surface area contributed by atoms with Crippen molar-refractivity contribution >= 4 is 5.91 Å². The van der Waals surface area contributed by atoms with Crippen LogP contribution in [0, 0.1) is 0 Å². The van der Waals surface area contributed by atoms with Crippen molar-refractivity contribution in [2.45, 2.75) is 18.4 Å². The molecule has 98 valence electrons. The highest BCUT2D eigenvalue weighted by atomic mass is 16.5. The second-order valence-corrected chi connectivity index (χ2v) is 4.77. The summed E-state index contributed by atoms with van der Waals surface area (Å²) in [6, 6.07) is 7.37. The maximum Gasteiger partial charge on any atom is 0.231 e. The number of aliphatic hydroxyl groups is 2. The molecule has 0 saturated carbocycles. The summed E-state index contributed by atoms with van der Waals surface area (Å²) in [4.78, 5) is 12.1. The lowest BCUT2D eigenvalue weighted by atomic mass is 9.98. The molecule has 0 radical (unpaired) electrons. The van der Waals surface area contributed by atoms with Crippen molar-refractivity contribution in [1.82, 2.24) is 5.32 Å². The fourth-order valence-electron chi connectivity index (χ4n) is 1.89. The third-order valence-electron chi connectivity index (χ3n) is 3.14. The Kier molecular flexibility index (Phi) is 3.54. The highest BCUT2D eigenvalue weighted by molar-refractivity contribution is 5.86. The summed E-state index contributed by atoms with van der Waals surface area (Å²) >= 11 is 0. The van der Waals surface area contributed by atoms with E-state index in [4.69, 9.17) is 14.9 Å². The van der Waals surface area contributed by atoms with Crippen molar-refractivity contribution in [1.29, 1.82) is 0 Å². The molecule has 0 aromatic heterocycles. The van der Waals surface area contributed by atoms with Gasteiger partial charge in [0.05, 0.1) is 18.8 Å². The SMILES string of the molecule is CC(CO)(CO)NC(=O)C1COc2ccccc21. The molecule has 5 nitrogen and oxygen atoms in total. The molecule has 0 bridgehead atoms. The number of nitrogens with one attached hydrogen (secondary N) is 1. The van der Waals surface area contributed by atoms with Gasteiger partial charge in [0.1, 0.15) is 18.3 Å². The van der Waals surface area contributed by atoms with E-state index < -0.39 is 11.5 Å². The van der Waals surface area contributed by atoms with Crippen molar-refractivity contribution in [2.24, 2.45) is 0 Å². The van der Waals surface area contributed by atoms with Crippen molar-refractivity contribution in [2.75, 3.05) is 19.8 Å². The summed E-state index contributed by atoms with van der Waals surface area (Å²) in [5.41, 5.74) is -0.164. The van der Waals surface area contributed by atoms with Crippen LogP contribution < -0.4 is 10.1 Å². The van der Waals surface area contributed by atoms with Crippen molar-refractivity contribution in [3.05, 3.63) is 29.8 Å². The highest BCUT2D eigenvalue weighted by Gasteiger charge is 2.34. The molecule has 2 rings (SSSR count). The third-order valence-corrected chi connectivity index (χ3v) is 3.14. The van der Waals surface area contributed by atoms with Crippen LogP contribution in [0.3, 0.4) is 0 Å². The lowest BCUT2D eigenvalue weighted by Gasteiger charge is -2.27. The molecule has 1 atom stereocenters. The Balaban J connectivity index is 2.12. The summed E-state index contributed by atoms with van der Waals surface area (Å²) in [7, 11) is 0. The summed E-state index contributed by atoms with van der Waals surface area (Å²) in [6.45, 7) is 1.25. The highest BCUT2D eigenvalue weighted by Crippen LogP contribution is 2.33. The number of benzene rings is 1. The Bertz CT molecular complexity index is 442. The maximum atomic E-state index is 12.1. The van der Waals surface area contributed by atoms with E-state index in [0.717, 1.165) is 5.56 Å². The van der Waals surface area contributed by atoms with E-state index in [1.807, 2.05) is 24.3 Å². The predicted molar refractivity (Wildman–Crippen MR) is 65.4 cm³/mol. The fourth-order valence-corrected chi connectivity index (χ4v) is 1.89. The normalized spacial score (nSPS) is 18.1. The van der Waals surface area contributed by atoms with Gasteiger partial charge in [0.25, 0.3) is 0 Å². The first-order chi connectivity index (χ1) is 8.59. The quantitative estimate of drug-likeness (QED) is 0.705. The zero-order valence-corrected chi connectivity index (χ0v) is 10.2. The molecule has 18 heavy (non-hydrogen) atoms. The van der Waals surface area contributed by atoms with Crippen LogP contribution in [0.1, 0.15) is 18.4 Å². The van der Waals surface area contributed by atoms with E-state index in [1.165, 1.54) is 0 Å². The third kappa shape index (κ3) is 2.32. The number of hydrogen-bond donors (Lipinski definition) is 3. The summed E-state index contributed by atoms with van der Waals surface area (Å²) in [5, 5.41) is 21.0. The Labute approximate surface area is 105 Å².